The van der Waals surface area contributed by atoms with Crippen molar-refractivity contribution in [2.75, 3.05) is 39.4 Å². The topological polar surface area (TPSA) is 226 Å². The lowest BCUT2D eigenvalue weighted by Gasteiger charge is -2.27. The molecule has 1 unspecified atom stereocenters. The SMILES string of the molecule is O=C(O)[C@H](O)[C@@H](O)C(=O)O.O=C1OC(CN2CCOCC2)CN1N=Cc1ccc([N+](=O)[O-])o1. The maximum Gasteiger partial charge on any atom is 0.433 e. The Balaban J connectivity index is 0.000000328. The summed E-state index contributed by atoms with van der Waals surface area (Å²) in [6, 6.07) is 2.64. The van der Waals surface area contributed by atoms with Crippen molar-refractivity contribution in [1.29, 1.82) is 0 Å². The molecule has 16 nitrogen and oxygen atoms in total. The average Bonchev–Trinajstić information content (AvgIpc) is 3.38. The maximum atomic E-state index is 11.8. The number of aliphatic hydroxyl groups is 2. The van der Waals surface area contributed by atoms with Gasteiger partial charge in [-0.05, 0) is 6.07 Å². The molecule has 3 rings (SSSR count). The van der Waals surface area contributed by atoms with Gasteiger partial charge in [-0.25, -0.2) is 14.4 Å². The van der Waals surface area contributed by atoms with Gasteiger partial charge in [0.05, 0.1) is 32.0 Å². The van der Waals surface area contributed by atoms with E-state index >= 15 is 0 Å². The number of aliphatic carboxylic acids is 2. The molecule has 1 aromatic rings. The first-order chi connectivity index (χ1) is 15.6. The summed E-state index contributed by atoms with van der Waals surface area (Å²) < 4.78 is 15.5. The number of nitro groups is 1. The molecule has 1 aromatic heterocycles. The van der Waals surface area contributed by atoms with E-state index in [1.165, 1.54) is 23.4 Å². The molecule has 0 aliphatic carbocycles. The smallest absolute Gasteiger partial charge is 0.433 e. The number of carboxylic acid groups (broad SMARTS) is 2. The molecule has 16 heteroatoms. The summed E-state index contributed by atoms with van der Waals surface area (Å²) in [6.07, 6.45) is -4.08. The Labute approximate surface area is 185 Å². The van der Waals surface area contributed by atoms with Crippen LogP contribution in [-0.4, -0.2) is 117 Å². The molecule has 0 radical (unpaired) electrons. The number of aliphatic hydroxyl groups excluding tert-OH is 2. The van der Waals surface area contributed by atoms with E-state index < -0.39 is 35.2 Å². The molecule has 0 saturated carbocycles. The van der Waals surface area contributed by atoms with Gasteiger partial charge in [0.15, 0.2) is 18.0 Å². The standard InChI is InChI=1S/C13H16N4O6.C4H6O6/c18-13-16(14-7-10-1-2-12(22-10)17(19)20)9-11(23-13)8-15-3-5-21-6-4-15;5-1(3(7)8)2(6)4(9)10/h1-2,7,11H,3-6,8-9H2;1-2,5-6H,(H,7,8)(H,9,10)/t;1-,2-/m.1/s1. The third-order valence-electron chi connectivity index (χ3n) is 4.34. The van der Waals surface area contributed by atoms with Crippen LogP contribution in [0.4, 0.5) is 10.7 Å². The lowest BCUT2D eigenvalue weighted by molar-refractivity contribution is -0.402. The molecule has 3 heterocycles. The van der Waals surface area contributed by atoms with Gasteiger partial charge in [0.25, 0.3) is 0 Å². The van der Waals surface area contributed by atoms with Gasteiger partial charge in [0, 0.05) is 19.6 Å². The van der Waals surface area contributed by atoms with E-state index in [9.17, 15) is 24.5 Å². The van der Waals surface area contributed by atoms with Crippen LogP contribution in [0.5, 0.6) is 0 Å². The Hall–Kier alpha value is -3.60. The fourth-order valence-electron chi connectivity index (χ4n) is 2.68. The third-order valence-corrected chi connectivity index (χ3v) is 4.34. The van der Waals surface area contributed by atoms with Crippen molar-refractivity contribution in [3.05, 3.63) is 28.0 Å². The summed E-state index contributed by atoms with van der Waals surface area (Å²) in [5.74, 6) is -3.72. The van der Waals surface area contributed by atoms with E-state index in [0.29, 0.717) is 26.3 Å². The molecule has 1 amide bonds. The van der Waals surface area contributed by atoms with Crippen LogP contribution in [0.2, 0.25) is 0 Å². The third kappa shape index (κ3) is 7.79. The molecule has 2 aliphatic rings. The van der Waals surface area contributed by atoms with E-state index in [1.54, 1.807) is 0 Å². The number of rotatable bonds is 8. The molecule has 4 N–H and O–H groups in total. The number of ether oxygens (including phenoxy) is 2. The summed E-state index contributed by atoms with van der Waals surface area (Å²) in [6.45, 7) is 3.95. The number of hydrogen-bond acceptors (Lipinski definition) is 12. The normalized spacial score (nSPS) is 20.6. The summed E-state index contributed by atoms with van der Waals surface area (Å²) in [5, 5.41) is 48.2. The van der Waals surface area contributed by atoms with Gasteiger partial charge in [0.2, 0.25) is 0 Å². The van der Waals surface area contributed by atoms with Crippen molar-refractivity contribution in [2.24, 2.45) is 5.10 Å². The van der Waals surface area contributed by atoms with Crippen LogP contribution in [0.25, 0.3) is 0 Å². The predicted molar refractivity (Wildman–Crippen MR) is 104 cm³/mol. The Morgan fingerprint density at radius 2 is 1.82 bits per heavy atom. The average molecular weight is 474 g/mol. The largest absolute Gasteiger partial charge is 0.479 e. The molecule has 2 fully saturated rings. The number of nitrogens with zero attached hydrogens (tertiary/aromatic N) is 4. The van der Waals surface area contributed by atoms with Crippen LogP contribution in [0, 0.1) is 10.1 Å². The molecule has 0 aromatic carbocycles. The molecule has 3 atom stereocenters. The molecule has 2 aliphatic heterocycles. The van der Waals surface area contributed by atoms with Crippen molar-refractivity contribution < 1.29 is 53.6 Å². The first kappa shape index (κ1) is 25.7. The number of hydrogen-bond donors (Lipinski definition) is 4. The first-order valence-electron chi connectivity index (χ1n) is 9.46. The highest BCUT2D eigenvalue weighted by Gasteiger charge is 2.33. The zero-order chi connectivity index (χ0) is 24.5. The highest BCUT2D eigenvalue weighted by atomic mass is 16.6. The summed E-state index contributed by atoms with van der Waals surface area (Å²) in [4.78, 5) is 43.4. The lowest BCUT2D eigenvalue weighted by Crippen LogP contribution is -2.41. The van der Waals surface area contributed by atoms with Gasteiger partial charge in [-0.3, -0.25) is 15.0 Å². The summed E-state index contributed by atoms with van der Waals surface area (Å²) in [7, 11) is 0. The molecule has 33 heavy (non-hydrogen) atoms. The number of morpholine rings is 1. The van der Waals surface area contributed by atoms with Gasteiger partial charge < -0.3 is 34.3 Å². The molecule has 0 spiro atoms. The minimum Gasteiger partial charge on any atom is -0.479 e. The number of amides is 1. The lowest BCUT2D eigenvalue weighted by atomic mass is 10.2. The van der Waals surface area contributed by atoms with Crippen molar-refractivity contribution in [2.45, 2.75) is 18.3 Å². The van der Waals surface area contributed by atoms with Crippen LogP contribution < -0.4 is 0 Å². The molecular weight excluding hydrogens is 452 g/mol. The molecule has 182 valence electrons. The van der Waals surface area contributed by atoms with Crippen LogP contribution >= 0.6 is 0 Å². The van der Waals surface area contributed by atoms with Gasteiger partial charge in [-0.2, -0.15) is 10.1 Å². The Bertz CT molecular complexity index is 863. The number of hydrazone groups is 1. The van der Waals surface area contributed by atoms with E-state index in [2.05, 4.69) is 10.0 Å². The minimum absolute atomic E-state index is 0.195. The van der Waals surface area contributed by atoms with Crippen LogP contribution in [0.3, 0.4) is 0 Å². The highest BCUT2D eigenvalue weighted by Crippen LogP contribution is 2.16. The van der Waals surface area contributed by atoms with Crippen LogP contribution in [0.1, 0.15) is 5.76 Å². The van der Waals surface area contributed by atoms with Crippen molar-refractivity contribution in [3.63, 3.8) is 0 Å². The zero-order valence-electron chi connectivity index (χ0n) is 17.1. The van der Waals surface area contributed by atoms with Crippen LogP contribution in [0.15, 0.2) is 21.7 Å². The number of furan rings is 1. The second kappa shape index (κ2) is 11.9. The number of carboxylic acids is 2. The zero-order valence-corrected chi connectivity index (χ0v) is 17.1. The van der Waals surface area contributed by atoms with Crippen LogP contribution in [-0.2, 0) is 19.1 Å². The van der Waals surface area contributed by atoms with Gasteiger partial charge in [-0.15, -0.1) is 0 Å². The van der Waals surface area contributed by atoms with E-state index in [1.807, 2.05) is 0 Å². The van der Waals surface area contributed by atoms with Crippen molar-refractivity contribution in [3.8, 4) is 0 Å². The second-order valence-electron chi connectivity index (χ2n) is 6.74. The van der Waals surface area contributed by atoms with E-state index in [-0.39, 0.29) is 17.7 Å². The quantitative estimate of drug-likeness (QED) is 0.192. The fourth-order valence-corrected chi connectivity index (χ4v) is 2.68. The van der Waals surface area contributed by atoms with E-state index in [0.717, 1.165) is 13.1 Å². The van der Waals surface area contributed by atoms with Crippen molar-refractivity contribution in [1.82, 2.24) is 9.91 Å². The number of carbonyl (C=O) groups excluding carboxylic acids is 1. The monoisotopic (exact) mass is 474 g/mol. The fraction of sp³-hybridized carbons (Fsp3) is 0.529. The summed E-state index contributed by atoms with van der Waals surface area (Å²) >= 11 is 0. The minimum atomic E-state index is -2.27. The Morgan fingerprint density at radius 3 is 2.33 bits per heavy atom. The number of carbonyl (C=O) groups is 3. The Kier molecular flexibility index (Phi) is 9.22. The van der Waals surface area contributed by atoms with Gasteiger partial charge >= 0.3 is 23.9 Å². The predicted octanol–water partition coefficient (Wildman–Crippen LogP) is -1.45. The number of cyclic esters (lactones) is 1. The highest BCUT2D eigenvalue weighted by molar-refractivity contribution is 5.83. The Morgan fingerprint density at radius 1 is 1.21 bits per heavy atom. The van der Waals surface area contributed by atoms with Crippen molar-refractivity contribution >= 4 is 30.1 Å². The molecule has 2 saturated heterocycles. The second-order valence-corrected chi connectivity index (χ2v) is 6.74. The summed E-state index contributed by atoms with van der Waals surface area (Å²) in [5.41, 5.74) is 0. The maximum absolute atomic E-state index is 11.8. The molecule has 0 bridgehead atoms. The van der Waals surface area contributed by atoms with E-state index in [4.69, 9.17) is 34.3 Å². The van der Waals surface area contributed by atoms with Gasteiger partial charge in [0.1, 0.15) is 11.0 Å². The first-order valence-corrected chi connectivity index (χ1v) is 9.46. The molecular formula is C17H22N4O12. The van der Waals surface area contributed by atoms with Gasteiger partial charge in [-0.1, -0.05) is 0 Å².